The normalized spacial score (nSPS) is 33.2. The van der Waals surface area contributed by atoms with E-state index in [0.29, 0.717) is 5.92 Å². The second-order valence-electron chi connectivity index (χ2n) is 8.52. The molecule has 4 rings (SSSR count). The van der Waals surface area contributed by atoms with E-state index < -0.39 is 46.8 Å². The van der Waals surface area contributed by atoms with Gasteiger partial charge in [-0.05, 0) is 24.7 Å². The lowest BCUT2D eigenvalue weighted by Crippen LogP contribution is -2.33. The fourth-order valence-corrected chi connectivity index (χ4v) is 6.33. The van der Waals surface area contributed by atoms with Crippen LogP contribution in [0.4, 0.5) is 5.82 Å². The van der Waals surface area contributed by atoms with Crippen LogP contribution in [-0.4, -0.2) is 71.0 Å². The third kappa shape index (κ3) is 5.65. The van der Waals surface area contributed by atoms with Gasteiger partial charge in [0.2, 0.25) is 0 Å². The molecule has 2 aliphatic rings. The van der Waals surface area contributed by atoms with E-state index in [2.05, 4.69) is 26.2 Å². The summed E-state index contributed by atoms with van der Waals surface area (Å²) in [6.45, 7) is 1.22. The van der Waals surface area contributed by atoms with Crippen molar-refractivity contribution in [2.45, 2.75) is 50.7 Å². The highest BCUT2D eigenvalue weighted by molar-refractivity contribution is 7.61. The number of nitrogens with zero attached hydrogens (tertiary/aromatic N) is 4. The van der Waals surface area contributed by atoms with Gasteiger partial charge in [0.15, 0.2) is 17.7 Å². The molecule has 0 amide bonds. The van der Waals surface area contributed by atoms with Crippen LogP contribution in [0.25, 0.3) is 11.2 Å². The van der Waals surface area contributed by atoms with Crippen LogP contribution in [0.15, 0.2) is 12.7 Å². The van der Waals surface area contributed by atoms with Gasteiger partial charge >= 0.3 is 15.6 Å². The molecule has 0 bridgehead atoms. The van der Waals surface area contributed by atoms with E-state index in [9.17, 15) is 29.1 Å². The number of hydrogen-bond donors (Lipinski definition) is 5. The van der Waals surface area contributed by atoms with Crippen LogP contribution in [0, 0.1) is 11.8 Å². The van der Waals surface area contributed by atoms with Crippen molar-refractivity contribution < 1.29 is 47.2 Å². The predicted molar refractivity (Wildman–Crippen MR) is 115 cm³/mol. The maximum atomic E-state index is 12.2. The van der Waals surface area contributed by atoms with Gasteiger partial charge < -0.3 is 30.5 Å². The number of anilines is 1. The van der Waals surface area contributed by atoms with Gasteiger partial charge in [0.25, 0.3) is 0 Å². The molecule has 17 heteroatoms. The summed E-state index contributed by atoms with van der Waals surface area (Å²) in [6.07, 6.45) is -0.413. The fraction of sp³-hybridized carbons (Fsp3) is 0.706. The summed E-state index contributed by atoms with van der Waals surface area (Å²) in [5, 5.41) is 20.7. The van der Waals surface area contributed by atoms with Crippen molar-refractivity contribution in [2.24, 2.45) is 11.8 Å². The minimum atomic E-state index is -5.08. The first-order valence-corrected chi connectivity index (χ1v) is 13.6. The molecule has 2 aromatic rings. The Morgan fingerprint density at radius 1 is 1.12 bits per heavy atom. The summed E-state index contributed by atoms with van der Waals surface area (Å²) in [6, 6.07) is 0. The molecule has 3 heterocycles. The molecule has 2 fully saturated rings. The number of aliphatic hydroxyl groups is 2. The number of phosphoric ester groups is 2. The van der Waals surface area contributed by atoms with Gasteiger partial charge in [-0.25, -0.2) is 24.1 Å². The zero-order chi connectivity index (χ0) is 24.7. The number of imidazole rings is 1. The maximum absolute atomic E-state index is 12.2. The van der Waals surface area contributed by atoms with E-state index in [4.69, 9.17) is 19.5 Å². The number of phosphoric acid groups is 2. The van der Waals surface area contributed by atoms with Gasteiger partial charge in [0, 0.05) is 0 Å². The van der Waals surface area contributed by atoms with Crippen molar-refractivity contribution in [1.82, 2.24) is 19.5 Å². The average Bonchev–Trinajstić information content (AvgIpc) is 3.44. The maximum Gasteiger partial charge on any atom is 0.481 e. The Balaban J connectivity index is 1.34. The lowest BCUT2D eigenvalue weighted by atomic mass is 10.1. The number of nitrogens with two attached hydrogens (primary N) is 1. The lowest BCUT2D eigenvalue weighted by molar-refractivity contribution is -0.0504. The summed E-state index contributed by atoms with van der Waals surface area (Å²) in [7, 11) is -9.97. The van der Waals surface area contributed by atoms with Gasteiger partial charge in [-0.15, -0.1) is 0 Å². The van der Waals surface area contributed by atoms with Gasteiger partial charge in [0.1, 0.15) is 30.2 Å². The molecule has 0 radical (unpaired) electrons. The number of aromatic nitrogens is 4. The number of ether oxygens (including phenoxy) is 1. The van der Waals surface area contributed by atoms with Crippen molar-refractivity contribution in [2.75, 3.05) is 18.9 Å². The first-order chi connectivity index (χ1) is 16.0. The van der Waals surface area contributed by atoms with Crippen LogP contribution >= 0.6 is 15.6 Å². The molecule has 0 aromatic carbocycles. The van der Waals surface area contributed by atoms with Crippen LogP contribution < -0.4 is 5.73 Å². The topological polar surface area (TPSA) is 222 Å². The van der Waals surface area contributed by atoms with Crippen molar-refractivity contribution >= 4 is 32.6 Å². The molecule has 1 saturated carbocycles. The summed E-state index contributed by atoms with van der Waals surface area (Å²) in [5.74, 6) is 0.633. The van der Waals surface area contributed by atoms with Gasteiger partial charge in [-0.1, -0.05) is 13.3 Å². The van der Waals surface area contributed by atoms with E-state index in [1.54, 1.807) is 0 Å². The van der Waals surface area contributed by atoms with Crippen LogP contribution in [0.3, 0.4) is 0 Å². The SMILES string of the molecule is CC1CCC(COP(=O)(O)OP(=O)(O)OCC2OC(n3cnc4c(N)ncnc43)C(O)C2O)C1. The summed E-state index contributed by atoms with van der Waals surface area (Å²) >= 11 is 0. The van der Waals surface area contributed by atoms with Crippen LogP contribution in [-0.2, 0) is 27.2 Å². The van der Waals surface area contributed by atoms with Crippen LogP contribution in [0.5, 0.6) is 0 Å². The Morgan fingerprint density at radius 2 is 1.82 bits per heavy atom. The number of nitrogen functional groups attached to an aromatic ring is 1. The summed E-state index contributed by atoms with van der Waals surface area (Å²) in [5.41, 5.74) is 6.23. The number of aliphatic hydroxyl groups excluding tert-OH is 2. The Bertz CT molecular complexity index is 1120. The zero-order valence-electron chi connectivity index (χ0n) is 18.2. The molecule has 8 atom stereocenters. The van der Waals surface area contributed by atoms with E-state index in [-0.39, 0.29) is 29.5 Å². The average molecular weight is 523 g/mol. The summed E-state index contributed by atoms with van der Waals surface area (Å²) < 4.78 is 45.1. The molecule has 34 heavy (non-hydrogen) atoms. The van der Waals surface area contributed by atoms with Crippen LogP contribution in [0.1, 0.15) is 32.4 Å². The highest BCUT2D eigenvalue weighted by atomic mass is 31.3. The smallest absolute Gasteiger partial charge is 0.387 e. The third-order valence-corrected chi connectivity index (χ3v) is 8.49. The third-order valence-electron chi connectivity index (χ3n) is 5.88. The molecule has 190 valence electrons. The van der Waals surface area contributed by atoms with E-state index in [1.165, 1.54) is 17.2 Å². The first kappa shape index (κ1) is 25.6. The van der Waals surface area contributed by atoms with Crippen molar-refractivity contribution in [1.29, 1.82) is 0 Å². The second kappa shape index (κ2) is 9.86. The van der Waals surface area contributed by atoms with Crippen LogP contribution in [0.2, 0.25) is 0 Å². The Morgan fingerprint density at radius 3 is 2.50 bits per heavy atom. The molecule has 6 N–H and O–H groups in total. The highest BCUT2D eigenvalue weighted by Crippen LogP contribution is 2.61. The molecular weight excluding hydrogens is 496 g/mol. The quantitative estimate of drug-likeness (QED) is 0.286. The molecule has 1 saturated heterocycles. The Hall–Kier alpha value is -1.51. The van der Waals surface area contributed by atoms with Gasteiger partial charge in [0.05, 0.1) is 19.5 Å². The summed E-state index contributed by atoms with van der Waals surface area (Å²) in [4.78, 5) is 31.6. The number of hydrogen-bond acceptors (Lipinski definition) is 12. The Kier molecular flexibility index (Phi) is 7.42. The lowest BCUT2D eigenvalue weighted by Gasteiger charge is -2.20. The van der Waals surface area contributed by atoms with E-state index in [1.807, 2.05) is 0 Å². The molecule has 1 aliphatic heterocycles. The predicted octanol–water partition coefficient (Wildman–Crippen LogP) is 0.714. The molecule has 15 nitrogen and oxygen atoms in total. The molecular formula is C17H27N5O10P2. The van der Waals surface area contributed by atoms with Gasteiger partial charge in [-0.2, -0.15) is 4.31 Å². The minimum absolute atomic E-state index is 0.0541. The molecule has 1 aliphatic carbocycles. The van der Waals surface area contributed by atoms with Gasteiger partial charge in [-0.3, -0.25) is 13.6 Å². The standard InChI is InChI=1S/C17H27N5O10P2/c1-9-2-3-10(4-9)5-29-33(25,26)32-34(27,28)30-6-11-13(23)14(24)17(31-11)22-8-21-12-15(18)19-7-20-16(12)22/h7-11,13-14,17,23-24H,2-6H2,1H3,(H,25,26)(H,27,28)(H2,18,19,20). The number of rotatable bonds is 9. The zero-order valence-corrected chi connectivity index (χ0v) is 19.9. The molecule has 2 aromatic heterocycles. The first-order valence-electron chi connectivity index (χ1n) is 10.6. The fourth-order valence-electron chi connectivity index (χ4n) is 4.17. The van der Waals surface area contributed by atoms with Crippen molar-refractivity contribution in [3.8, 4) is 0 Å². The largest absolute Gasteiger partial charge is 0.481 e. The minimum Gasteiger partial charge on any atom is -0.387 e. The van der Waals surface area contributed by atoms with Crippen molar-refractivity contribution in [3.05, 3.63) is 12.7 Å². The van der Waals surface area contributed by atoms with E-state index >= 15 is 0 Å². The monoisotopic (exact) mass is 523 g/mol. The molecule has 8 unspecified atom stereocenters. The number of fused-ring (bicyclic) bond motifs is 1. The Labute approximate surface area is 194 Å². The highest BCUT2D eigenvalue weighted by Gasteiger charge is 2.46. The van der Waals surface area contributed by atoms with E-state index in [0.717, 1.165) is 19.3 Å². The second-order valence-corrected chi connectivity index (χ2v) is 11.6. The van der Waals surface area contributed by atoms with Crippen molar-refractivity contribution in [3.63, 3.8) is 0 Å². The molecule has 0 spiro atoms.